The maximum atomic E-state index is 5.52. The van der Waals surface area contributed by atoms with Crippen molar-refractivity contribution < 1.29 is 4.42 Å². The van der Waals surface area contributed by atoms with Gasteiger partial charge in [0.05, 0.1) is 16.6 Å². The van der Waals surface area contributed by atoms with E-state index in [1.54, 1.807) is 23.8 Å². The van der Waals surface area contributed by atoms with Crippen molar-refractivity contribution in [2.45, 2.75) is 32.5 Å². The molecule has 0 aliphatic heterocycles. The van der Waals surface area contributed by atoms with Crippen LogP contribution in [0.3, 0.4) is 0 Å². The minimum absolute atomic E-state index is 0.281. The fourth-order valence-corrected chi connectivity index (χ4v) is 2.74. The van der Waals surface area contributed by atoms with Crippen LogP contribution in [-0.2, 0) is 6.54 Å². The molecular weight excluding hydrogens is 284 g/mol. The second-order valence-corrected chi connectivity index (χ2v) is 5.97. The third-order valence-corrected chi connectivity index (χ3v) is 4.41. The summed E-state index contributed by atoms with van der Waals surface area (Å²) in [7, 11) is 0. The Morgan fingerprint density at radius 3 is 3.00 bits per heavy atom. The number of thiophene rings is 1. The molecule has 0 bridgehead atoms. The molecule has 0 spiro atoms. The summed E-state index contributed by atoms with van der Waals surface area (Å²) in [5.41, 5.74) is 0.915. The van der Waals surface area contributed by atoms with Crippen molar-refractivity contribution in [3.63, 3.8) is 0 Å². The summed E-state index contributed by atoms with van der Waals surface area (Å²) >= 11 is 1.63. The highest BCUT2D eigenvalue weighted by atomic mass is 32.1. The third kappa shape index (κ3) is 3.22. The lowest BCUT2D eigenvalue weighted by atomic mass is 10.2. The highest BCUT2D eigenvalue weighted by Crippen LogP contribution is 2.23. The topological polar surface area (TPSA) is 55.9 Å². The van der Waals surface area contributed by atoms with Crippen molar-refractivity contribution in [1.82, 2.24) is 20.1 Å². The molecule has 0 fully saturated rings. The van der Waals surface area contributed by atoms with E-state index in [1.165, 1.54) is 0 Å². The van der Waals surface area contributed by atoms with E-state index in [1.807, 2.05) is 34.5 Å². The fraction of sp³-hybridized carbons (Fsp3) is 0.333. The number of nitrogens with one attached hydrogen (secondary N) is 1. The fourth-order valence-electron chi connectivity index (χ4n) is 2.09. The Balaban J connectivity index is 1.58. The van der Waals surface area contributed by atoms with Gasteiger partial charge in [0.15, 0.2) is 0 Å². The molecule has 110 valence electrons. The zero-order valence-electron chi connectivity index (χ0n) is 12.1. The Morgan fingerprint density at radius 1 is 1.38 bits per heavy atom. The summed E-state index contributed by atoms with van der Waals surface area (Å²) in [6.45, 7) is 4.97. The van der Waals surface area contributed by atoms with Gasteiger partial charge in [0.25, 0.3) is 0 Å². The van der Waals surface area contributed by atoms with Gasteiger partial charge in [-0.1, -0.05) is 6.07 Å². The van der Waals surface area contributed by atoms with Gasteiger partial charge in [0, 0.05) is 25.0 Å². The predicted molar refractivity (Wildman–Crippen MR) is 83.1 cm³/mol. The lowest BCUT2D eigenvalue weighted by Gasteiger charge is -2.21. The molecule has 3 heterocycles. The van der Waals surface area contributed by atoms with Gasteiger partial charge < -0.3 is 9.73 Å². The van der Waals surface area contributed by atoms with Gasteiger partial charge in [-0.05, 0) is 31.4 Å². The SMILES string of the molecule is C[C@@H](NCc1coc(-c2cccs2)n1)[C@H](C)n1cccn1. The first-order chi connectivity index (χ1) is 10.2. The minimum atomic E-state index is 0.281. The van der Waals surface area contributed by atoms with Gasteiger partial charge in [0.2, 0.25) is 5.89 Å². The molecule has 0 amide bonds. The van der Waals surface area contributed by atoms with Crippen LogP contribution in [0.4, 0.5) is 0 Å². The van der Waals surface area contributed by atoms with Crippen LogP contribution in [0.5, 0.6) is 0 Å². The second kappa shape index (κ2) is 6.24. The molecule has 0 saturated heterocycles. The van der Waals surface area contributed by atoms with Crippen molar-refractivity contribution in [3.05, 3.63) is 47.9 Å². The molecule has 0 aliphatic rings. The lowest BCUT2D eigenvalue weighted by molar-refractivity contribution is 0.363. The Kier molecular flexibility index (Phi) is 4.17. The first-order valence-electron chi connectivity index (χ1n) is 6.95. The van der Waals surface area contributed by atoms with Crippen molar-refractivity contribution >= 4 is 11.3 Å². The summed E-state index contributed by atoms with van der Waals surface area (Å²) in [5.74, 6) is 0.689. The molecule has 5 nitrogen and oxygen atoms in total. The summed E-state index contributed by atoms with van der Waals surface area (Å²) in [4.78, 5) is 5.56. The standard InChI is InChI=1S/C15H18N4OS/c1-11(12(2)19-7-4-6-17-19)16-9-13-10-20-15(18-13)14-5-3-8-21-14/h3-8,10-12,16H,9H2,1-2H3/t11-,12+/m1/s1. The minimum Gasteiger partial charge on any atom is -0.444 e. The van der Waals surface area contributed by atoms with E-state index >= 15 is 0 Å². The Bertz CT molecular complexity index is 660. The zero-order chi connectivity index (χ0) is 14.7. The highest BCUT2D eigenvalue weighted by molar-refractivity contribution is 7.13. The number of nitrogens with zero attached hydrogens (tertiary/aromatic N) is 3. The number of aromatic nitrogens is 3. The predicted octanol–water partition coefficient (Wildman–Crippen LogP) is 3.34. The van der Waals surface area contributed by atoms with Crippen molar-refractivity contribution in [2.24, 2.45) is 0 Å². The molecule has 0 radical (unpaired) electrons. The van der Waals surface area contributed by atoms with Crippen LogP contribution in [-0.4, -0.2) is 20.8 Å². The molecule has 3 aromatic heterocycles. The molecule has 6 heteroatoms. The van der Waals surface area contributed by atoms with Gasteiger partial charge in [-0.2, -0.15) is 5.10 Å². The van der Waals surface area contributed by atoms with Crippen LogP contribution in [0.15, 0.2) is 46.7 Å². The maximum absolute atomic E-state index is 5.52. The smallest absolute Gasteiger partial charge is 0.236 e. The third-order valence-electron chi connectivity index (χ3n) is 3.55. The van der Waals surface area contributed by atoms with Gasteiger partial charge in [-0.25, -0.2) is 4.98 Å². The van der Waals surface area contributed by atoms with Crippen LogP contribution < -0.4 is 5.32 Å². The van der Waals surface area contributed by atoms with Gasteiger partial charge in [-0.3, -0.25) is 4.68 Å². The highest BCUT2D eigenvalue weighted by Gasteiger charge is 2.14. The molecule has 3 rings (SSSR count). The van der Waals surface area contributed by atoms with Crippen molar-refractivity contribution in [1.29, 1.82) is 0 Å². The average molecular weight is 302 g/mol. The molecule has 2 atom stereocenters. The van der Waals surface area contributed by atoms with E-state index in [0.717, 1.165) is 10.6 Å². The summed E-state index contributed by atoms with van der Waals surface area (Å²) in [5, 5.41) is 9.76. The van der Waals surface area contributed by atoms with Crippen molar-refractivity contribution in [2.75, 3.05) is 0 Å². The molecule has 0 aliphatic carbocycles. The zero-order valence-corrected chi connectivity index (χ0v) is 12.9. The molecule has 0 unspecified atom stereocenters. The van der Waals surface area contributed by atoms with Crippen molar-refractivity contribution in [3.8, 4) is 10.8 Å². The number of hydrogen-bond acceptors (Lipinski definition) is 5. The summed E-state index contributed by atoms with van der Waals surface area (Å²) in [6, 6.07) is 6.51. The quantitative estimate of drug-likeness (QED) is 0.759. The van der Waals surface area contributed by atoms with E-state index in [0.29, 0.717) is 12.4 Å². The Labute approximate surface area is 127 Å². The Morgan fingerprint density at radius 2 is 2.29 bits per heavy atom. The lowest BCUT2D eigenvalue weighted by Crippen LogP contribution is -2.33. The van der Waals surface area contributed by atoms with Crippen LogP contribution >= 0.6 is 11.3 Å². The van der Waals surface area contributed by atoms with Gasteiger partial charge in [0.1, 0.15) is 6.26 Å². The molecule has 0 aromatic carbocycles. The average Bonchev–Trinajstić information content (AvgIpc) is 3.25. The first-order valence-corrected chi connectivity index (χ1v) is 7.83. The van der Waals surface area contributed by atoms with Gasteiger partial charge in [-0.15, -0.1) is 11.3 Å². The molecule has 21 heavy (non-hydrogen) atoms. The molecule has 1 N–H and O–H groups in total. The van der Waals surface area contributed by atoms with Crippen LogP contribution in [0.1, 0.15) is 25.6 Å². The van der Waals surface area contributed by atoms with Crippen LogP contribution in [0.25, 0.3) is 10.8 Å². The monoisotopic (exact) mass is 302 g/mol. The van der Waals surface area contributed by atoms with E-state index in [2.05, 4.69) is 29.2 Å². The van der Waals surface area contributed by atoms with Crippen LogP contribution in [0, 0.1) is 0 Å². The first kappa shape index (κ1) is 14.0. The van der Waals surface area contributed by atoms with E-state index in [9.17, 15) is 0 Å². The molecular formula is C15H18N4OS. The summed E-state index contributed by atoms with van der Waals surface area (Å²) < 4.78 is 7.47. The normalized spacial score (nSPS) is 14.2. The second-order valence-electron chi connectivity index (χ2n) is 5.02. The summed E-state index contributed by atoms with van der Waals surface area (Å²) in [6.07, 6.45) is 5.50. The van der Waals surface area contributed by atoms with E-state index < -0.39 is 0 Å². The number of rotatable bonds is 6. The largest absolute Gasteiger partial charge is 0.444 e. The Hall–Kier alpha value is -1.92. The number of hydrogen-bond donors (Lipinski definition) is 1. The molecule has 3 aromatic rings. The van der Waals surface area contributed by atoms with E-state index in [-0.39, 0.29) is 12.1 Å². The maximum Gasteiger partial charge on any atom is 0.236 e. The molecule has 0 saturated carbocycles. The number of oxazole rings is 1. The van der Waals surface area contributed by atoms with Crippen LogP contribution in [0.2, 0.25) is 0 Å². The van der Waals surface area contributed by atoms with E-state index in [4.69, 9.17) is 4.42 Å². The van der Waals surface area contributed by atoms with Gasteiger partial charge >= 0.3 is 0 Å².